The number of aliphatic carboxylic acids is 1. The first kappa shape index (κ1) is 15.4. The molecular formula is C16H22N2O3. The maximum Gasteiger partial charge on any atom is 0.326 e. The standard InChI is InChI=1S/C16H22N2O3/c1-10(2)14(15(19)20)18-16(21)17-13-9-5-7-11-6-3-4-8-12(11)13/h5,7,9-10,14H,3-4,6,8H2,1-2H3,(H,19,20)(H2,17,18,21)/t14-/m1/s1. The normalized spacial score (nSPS) is 15.2. The van der Waals surface area contributed by atoms with Crippen LogP contribution >= 0.6 is 0 Å². The van der Waals surface area contributed by atoms with Gasteiger partial charge in [-0.3, -0.25) is 0 Å². The molecule has 0 saturated carbocycles. The Hall–Kier alpha value is -2.04. The smallest absolute Gasteiger partial charge is 0.326 e. The van der Waals surface area contributed by atoms with E-state index in [-0.39, 0.29) is 5.92 Å². The Bertz CT molecular complexity index is 540. The van der Waals surface area contributed by atoms with Crippen LogP contribution in [0.1, 0.15) is 37.8 Å². The lowest BCUT2D eigenvalue weighted by Gasteiger charge is -2.22. The van der Waals surface area contributed by atoms with Crippen LogP contribution in [-0.4, -0.2) is 23.1 Å². The molecule has 1 aliphatic carbocycles. The molecule has 114 valence electrons. The van der Waals surface area contributed by atoms with Crippen LogP contribution in [0, 0.1) is 5.92 Å². The molecule has 3 N–H and O–H groups in total. The molecule has 0 bridgehead atoms. The molecule has 0 fully saturated rings. The largest absolute Gasteiger partial charge is 0.480 e. The molecule has 5 nitrogen and oxygen atoms in total. The number of carbonyl (C=O) groups excluding carboxylic acids is 1. The van der Waals surface area contributed by atoms with Crippen LogP contribution in [0.3, 0.4) is 0 Å². The maximum atomic E-state index is 12.0. The molecule has 1 aromatic carbocycles. The van der Waals surface area contributed by atoms with Gasteiger partial charge in [0.25, 0.3) is 0 Å². The van der Waals surface area contributed by atoms with Crippen LogP contribution in [-0.2, 0) is 17.6 Å². The van der Waals surface area contributed by atoms with Crippen LogP contribution in [0.4, 0.5) is 10.5 Å². The maximum absolute atomic E-state index is 12.0. The Kier molecular flexibility index (Phi) is 4.83. The van der Waals surface area contributed by atoms with Crippen LogP contribution in [0.15, 0.2) is 18.2 Å². The molecule has 1 atom stereocenters. The van der Waals surface area contributed by atoms with E-state index in [2.05, 4.69) is 16.7 Å². The molecule has 1 aliphatic rings. The van der Waals surface area contributed by atoms with E-state index in [1.54, 1.807) is 13.8 Å². The second-order valence-corrected chi connectivity index (χ2v) is 5.81. The number of carboxylic acid groups (broad SMARTS) is 1. The lowest BCUT2D eigenvalue weighted by molar-refractivity contribution is -0.140. The number of hydrogen-bond donors (Lipinski definition) is 3. The Morgan fingerprint density at radius 2 is 1.90 bits per heavy atom. The predicted octanol–water partition coefficient (Wildman–Crippen LogP) is 2.80. The minimum Gasteiger partial charge on any atom is -0.480 e. The SMILES string of the molecule is CC(C)[C@@H](NC(=O)Nc1cccc2c1CCCC2)C(=O)O. The summed E-state index contributed by atoms with van der Waals surface area (Å²) in [5, 5.41) is 14.4. The predicted molar refractivity (Wildman–Crippen MR) is 81.5 cm³/mol. The molecule has 21 heavy (non-hydrogen) atoms. The van der Waals surface area contributed by atoms with Crippen LogP contribution in [0.5, 0.6) is 0 Å². The molecule has 2 amide bonds. The summed E-state index contributed by atoms with van der Waals surface area (Å²) >= 11 is 0. The van der Waals surface area contributed by atoms with Gasteiger partial charge in [-0.1, -0.05) is 26.0 Å². The van der Waals surface area contributed by atoms with E-state index in [1.807, 2.05) is 12.1 Å². The first-order valence-corrected chi connectivity index (χ1v) is 7.40. The summed E-state index contributed by atoms with van der Waals surface area (Å²) in [7, 11) is 0. The first-order valence-electron chi connectivity index (χ1n) is 7.40. The van der Waals surface area contributed by atoms with Crippen molar-refractivity contribution in [2.45, 2.75) is 45.6 Å². The van der Waals surface area contributed by atoms with Crippen molar-refractivity contribution in [3.8, 4) is 0 Å². The third-order valence-electron chi connectivity index (χ3n) is 3.86. The van der Waals surface area contributed by atoms with Crippen LogP contribution in [0.25, 0.3) is 0 Å². The van der Waals surface area contributed by atoms with Gasteiger partial charge in [0.05, 0.1) is 0 Å². The number of carbonyl (C=O) groups is 2. The van der Waals surface area contributed by atoms with Crippen molar-refractivity contribution in [2.75, 3.05) is 5.32 Å². The van der Waals surface area contributed by atoms with E-state index in [0.717, 1.165) is 24.9 Å². The number of hydrogen-bond acceptors (Lipinski definition) is 2. The first-order chi connectivity index (χ1) is 9.99. The number of nitrogens with one attached hydrogen (secondary N) is 2. The van der Waals surface area contributed by atoms with E-state index in [1.165, 1.54) is 17.5 Å². The lowest BCUT2D eigenvalue weighted by Crippen LogP contribution is -2.46. The number of aryl methyl sites for hydroxylation is 1. The highest BCUT2D eigenvalue weighted by atomic mass is 16.4. The second-order valence-electron chi connectivity index (χ2n) is 5.81. The van der Waals surface area contributed by atoms with Gasteiger partial charge < -0.3 is 15.7 Å². The van der Waals surface area contributed by atoms with Crippen molar-refractivity contribution < 1.29 is 14.7 Å². The van der Waals surface area contributed by atoms with Crippen molar-refractivity contribution in [3.63, 3.8) is 0 Å². The topological polar surface area (TPSA) is 78.4 Å². The zero-order valence-corrected chi connectivity index (χ0v) is 12.5. The number of amides is 2. The van der Waals surface area contributed by atoms with E-state index in [0.29, 0.717) is 0 Å². The number of urea groups is 1. The summed E-state index contributed by atoms with van der Waals surface area (Å²) in [6, 6.07) is 4.54. The molecule has 0 heterocycles. The van der Waals surface area contributed by atoms with Gasteiger partial charge in [-0.25, -0.2) is 9.59 Å². The average molecular weight is 290 g/mol. The fraction of sp³-hybridized carbons (Fsp3) is 0.500. The van der Waals surface area contributed by atoms with Crippen LogP contribution in [0.2, 0.25) is 0 Å². The molecule has 2 rings (SSSR count). The quantitative estimate of drug-likeness (QED) is 0.798. The number of benzene rings is 1. The Labute approximate surface area is 124 Å². The molecule has 0 aromatic heterocycles. The lowest BCUT2D eigenvalue weighted by atomic mass is 9.90. The van der Waals surface area contributed by atoms with E-state index >= 15 is 0 Å². The van der Waals surface area contributed by atoms with Gasteiger partial charge in [0, 0.05) is 5.69 Å². The van der Waals surface area contributed by atoms with Crippen LogP contribution < -0.4 is 10.6 Å². The highest BCUT2D eigenvalue weighted by Gasteiger charge is 2.24. The van der Waals surface area contributed by atoms with Gasteiger partial charge in [0.2, 0.25) is 0 Å². The van der Waals surface area contributed by atoms with E-state index in [9.17, 15) is 9.59 Å². The molecule has 0 spiro atoms. The van der Waals surface area contributed by atoms with Crippen molar-refractivity contribution in [1.29, 1.82) is 0 Å². The van der Waals surface area contributed by atoms with Gasteiger partial charge in [0.15, 0.2) is 0 Å². The summed E-state index contributed by atoms with van der Waals surface area (Å²) in [6.07, 6.45) is 4.29. The van der Waals surface area contributed by atoms with Gasteiger partial charge in [-0.2, -0.15) is 0 Å². The fourth-order valence-electron chi connectivity index (χ4n) is 2.71. The highest BCUT2D eigenvalue weighted by Crippen LogP contribution is 2.27. The van der Waals surface area contributed by atoms with Crippen molar-refractivity contribution in [3.05, 3.63) is 29.3 Å². The minimum atomic E-state index is -1.02. The summed E-state index contributed by atoms with van der Waals surface area (Å²) < 4.78 is 0. The van der Waals surface area contributed by atoms with Crippen molar-refractivity contribution >= 4 is 17.7 Å². The number of fused-ring (bicyclic) bond motifs is 1. The molecule has 1 aromatic rings. The summed E-state index contributed by atoms with van der Waals surface area (Å²) in [6.45, 7) is 3.53. The Morgan fingerprint density at radius 3 is 2.57 bits per heavy atom. The molecule has 0 aliphatic heterocycles. The summed E-state index contributed by atoms with van der Waals surface area (Å²) in [5.74, 6) is -1.19. The minimum absolute atomic E-state index is 0.169. The second kappa shape index (κ2) is 6.61. The molecule has 0 radical (unpaired) electrons. The Morgan fingerprint density at radius 1 is 1.19 bits per heavy atom. The summed E-state index contributed by atoms with van der Waals surface area (Å²) in [4.78, 5) is 23.2. The third-order valence-corrected chi connectivity index (χ3v) is 3.86. The van der Waals surface area contributed by atoms with E-state index < -0.39 is 18.0 Å². The van der Waals surface area contributed by atoms with Gasteiger partial charge in [-0.05, 0) is 48.8 Å². The molecule has 0 unspecified atom stereocenters. The zero-order valence-electron chi connectivity index (χ0n) is 12.5. The Balaban J connectivity index is 2.08. The van der Waals surface area contributed by atoms with Gasteiger partial charge in [0.1, 0.15) is 6.04 Å². The summed E-state index contributed by atoms with van der Waals surface area (Å²) in [5.41, 5.74) is 3.24. The monoisotopic (exact) mass is 290 g/mol. The number of rotatable bonds is 4. The van der Waals surface area contributed by atoms with E-state index in [4.69, 9.17) is 5.11 Å². The molecule has 0 saturated heterocycles. The van der Waals surface area contributed by atoms with Gasteiger partial charge in [-0.15, -0.1) is 0 Å². The fourth-order valence-corrected chi connectivity index (χ4v) is 2.71. The number of anilines is 1. The number of carboxylic acids is 1. The third kappa shape index (κ3) is 3.74. The highest BCUT2D eigenvalue weighted by molar-refractivity contribution is 5.93. The van der Waals surface area contributed by atoms with Crippen molar-refractivity contribution in [2.24, 2.45) is 5.92 Å². The van der Waals surface area contributed by atoms with Crippen molar-refractivity contribution in [1.82, 2.24) is 5.32 Å². The average Bonchev–Trinajstić information content (AvgIpc) is 2.44. The molecule has 5 heteroatoms. The zero-order chi connectivity index (χ0) is 15.4. The molecular weight excluding hydrogens is 268 g/mol. The van der Waals surface area contributed by atoms with Gasteiger partial charge >= 0.3 is 12.0 Å².